The maximum atomic E-state index is 13.1. The van der Waals surface area contributed by atoms with Crippen molar-refractivity contribution in [1.82, 2.24) is 4.90 Å². The summed E-state index contributed by atoms with van der Waals surface area (Å²) in [6, 6.07) is 7.62. The van der Waals surface area contributed by atoms with Gasteiger partial charge in [-0.3, -0.25) is 4.79 Å². The summed E-state index contributed by atoms with van der Waals surface area (Å²) in [4.78, 5) is 14.0. The van der Waals surface area contributed by atoms with Crippen molar-refractivity contribution >= 4 is 5.91 Å². The second-order valence-corrected chi connectivity index (χ2v) is 6.43. The Kier molecular flexibility index (Phi) is 3.62. The number of carbonyl (C=O) groups is 1. The van der Waals surface area contributed by atoms with Crippen molar-refractivity contribution in [3.05, 3.63) is 35.4 Å². The molecular formula is C17H17F3N2O. The summed E-state index contributed by atoms with van der Waals surface area (Å²) in [5.41, 5.74) is -1.23. The number of hydrogen-bond acceptors (Lipinski definition) is 2. The molecule has 0 aliphatic heterocycles. The normalized spacial score (nSPS) is 25.2. The molecule has 2 aliphatic rings. The Morgan fingerprint density at radius 1 is 1.35 bits per heavy atom. The zero-order valence-electron chi connectivity index (χ0n) is 12.7. The summed E-state index contributed by atoms with van der Waals surface area (Å²) >= 11 is 0. The minimum absolute atomic E-state index is 0.186. The quantitative estimate of drug-likeness (QED) is 0.851. The molecule has 0 heterocycles. The molecule has 2 atom stereocenters. The first-order valence-electron chi connectivity index (χ1n) is 7.65. The van der Waals surface area contributed by atoms with Gasteiger partial charge in [0.2, 0.25) is 5.91 Å². The third-order valence-electron chi connectivity index (χ3n) is 5.13. The number of nitrogens with zero attached hydrogens (tertiary/aromatic N) is 2. The van der Waals surface area contributed by atoms with E-state index in [1.54, 1.807) is 13.1 Å². The summed E-state index contributed by atoms with van der Waals surface area (Å²) in [5, 5.41) is 9.30. The fraction of sp³-hybridized carbons (Fsp3) is 0.529. The number of hydrogen-bond donors (Lipinski definition) is 0. The predicted octanol–water partition coefficient (Wildman–Crippen LogP) is 3.71. The minimum atomic E-state index is -4.42. The van der Waals surface area contributed by atoms with Crippen LogP contribution < -0.4 is 0 Å². The number of benzene rings is 1. The van der Waals surface area contributed by atoms with E-state index in [1.807, 2.05) is 0 Å². The number of nitriles is 1. The Balaban J connectivity index is 1.78. The third kappa shape index (κ3) is 2.58. The van der Waals surface area contributed by atoms with Gasteiger partial charge in [-0.05, 0) is 43.2 Å². The van der Waals surface area contributed by atoms with Gasteiger partial charge >= 0.3 is 6.18 Å². The summed E-state index contributed by atoms with van der Waals surface area (Å²) < 4.78 is 39.3. The highest BCUT2D eigenvalue weighted by Gasteiger charge is 2.52. The summed E-state index contributed by atoms with van der Waals surface area (Å²) in [5.74, 6) is -1.07. The van der Waals surface area contributed by atoms with Crippen molar-refractivity contribution in [2.45, 2.75) is 43.3 Å². The minimum Gasteiger partial charge on any atom is -0.327 e. The van der Waals surface area contributed by atoms with Crippen LogP contribution in [0.15, 0.2) is 24.3 Å². The molecule has 0 unspecified atom stereocenters. The second-order valence-electron chi connectivity index (χ2n) is 6.43. The molecule has 2 fully saturated rings. The van der Waals surface area contributed by atoms with E-state index in [0.717, 1.165) is 12.5 Å². The molecule has 2 aliphatic carbocycles. The van der Waals surface area contributed by atoms with Gasteiger partial charge in [0.15, 0.2) is 0 Å². The maximum absolute atomic E-state index is 13.1. The van der Waals surface area contributed by atoms with Gasteiger partial charge in [0.05, 0.1) is 11.6 Å². The topological polar surface area (TPSA) is 44.1 Å². The van der Waals surface area contributed by atoms with Gasteiger partial charge < -0.3 is 4.90 Å². The Morgan fingerprint density at radius 2 is 2.00 bits per heavy atom. The highest BCUT2D eigenvalue weighted by molar-refractivity contribution is 5.84. The van der Waals surface area contributed by atoms with Gasteiger partial charge in [-0.2, -0.15) is 18.4 Å². The van der Waals surface area contributed by atoms with Crippen molar-refractivity contribution in [2.75, 3.05) is 7.05 Å². The van der Waals surface area contributed by atoms with E-state index in [1.165, 1.54) is 17.0 Å². The van der Waals surface area contributed by atoms with Gasteiger partial charge in [-0.15, -0.1) is 0 Å². The summed E-state index contributed by atoms with van der Waals surface area (Å²) in [6.45, 7) is 0. The Labute approximate surface area is 132 Å². The van der Waals surface area contributed by atoms with Crippen molar-refractivity contribution in [3.8, 4) is 6.07 Å². The van der Waals surface area contributed by atoms with E-state index in [2.05, 4.69) is 6.07 Å². The molecule has 0 aromatic heterocycles. The lowest BCUT2D eigenvalue weighted by Gasteiger charge is -2.43. The lowest BCUT2D eigenvalue weighted by molar-refractivity contribution is -0.140. The molecule has 122 valence electrons. The zero-order valence-corrected chi connectivity index (χ0v) is 12.7. The molecule has 1 amide bonds. The zero-order chi connectivity index (χ0) is 16.8. The van der Waals surface area contributed by atoms with Crippen LogP contribution in [0.1, 0.15) is 42.7 Å². The highest BCUT2D eigenvalue weighted by atomic mass is 19.4. The lowest BCUT2D eigenvalue weighted by atomic mass is 9.76. The molecule has 1 aromatic rings. The molecule has 3 rings (SSSR count). The van der Waals surface area contributed by atoms with Crippen LogP contribution in [-0.4, -0.2) is 23.4 Å². The van der Waals surface area contributed by atoms with Crippen molar-refractivity contribution in [3.63, 3.8) is 0 Å². The van der Waals surface area contributed by atoms with Crippen LogP contribution >= 0.6 is 0 Å². The van der Waals surface area contributed by atoms with Gasteiger partial charge in [0.1, 0.15) is 5.54 Å². The monoisotopic (exact) mass is 322 g/mol. The smallest absolute Gasteiger partial charge is 0.327 e. The Bertz CT molecular complexity index is 673. The predicted molar refractivity (Wildman–Crippen MR) is 77.3 cm³/mol. The van der Waals surface area contributed by atoms with E-state index in [9.17, 15) is 23.2 Å². The van der Waals surface area contributed by atoms with Crippen LogP contribution in [0.25, 0.3) is 0 Å². The highest BCUT2D eigenvalue weighted by Crippen LogP contribution is 2.52. The van der Waals surface area contributed by atoms with Gasteiger partial charge in [-0.1, -0.05) is 18.2 Å². The first-order valence-corrected chi connectivity index (χ1v) is 7.65. The number of halogens is 3. The molecule has 0 radical (unpaired) electrons. The fourth-order valence-electron chi connectivity index (χ4n) is 3.38. The van der Waals surface area contributed by atoms with Crippen LogP contribution in [0.3, 0.4) is 0 Å². The summed E-state index contributed by atoms with van der Waals surface area (Å²) in [7, 11) is 1.59. The second kappa shape index (κ2) is 5.26. The van der Waals surface area contributed by atoms with E-state index >= 15 is 0 Å². The molecule has 23 heavy (non-hydrogen) atoms. The van der Waals surface area contributed by atoms with Gasteiger partial charge in [-0.25, -0.2) is 0 Å². The molecule has 0 spiro atoms. The van der Waals surface area contributed by atoms with Gasteiger partial charge in [0.25, 0.3) is 0 Å². The molecule has 0 bridgehead atoms. The van der Waals surface area contributed by atoms with E-state index in [-0.39, 0.29) is 11.5 Å². The average Bonchev–Trinajstić information content (AvgIpc) is 3.25. The standard InChI is InChI=1S/C17H17F3N2O/c1-22(16(10-21)7-4-8-16)15(23)13-9-12(13)11-5-2-3-6-14(11)17(18,19)20/h2-3,5-6,12-13H,4,7-9H2,1H3/t12-,13+/m0/s1. The number of carbonyl (C=O) groups excluding carboxylic acids is 1. The summed E-state index contributed by atoms with van der Waals surface area (Å²) in [6.07, 6.45) is -1.82. The van der Waals surface area contributed by atoms with Crippen LogP contribution in [0.5, 0.6) is 0 Å². The molecular weight excluding hydrogens is 305 g/mol. The SMILES string of the molecule is CN(C(=O)[C@@H]1C[C@H]1c1ccccc1C(F)(F)F)C1(C#N)CCC1. The van der Waals surface area contributed by atoms with E-state index in [0.29, 0.717) is 19.3 Å². The first-order chi connectivity index (χ1) is 10.8. The van der Waals surface area contributed by atoms with Crippen LogP contribution in [0.4, 0.5) is 13.2 Å². The largest absolute Gasteiger partial charge is 0.416 e. The Hall–Kier alpha value is -2.03. The molecule has 3 nitrogen and oxygen atoms in total. The van der Waals surface area contributed by atoms with Crippen molar-refractivity contribution in [2.24, 2.45) is 5.92 Å². The third-order valence-corrected chi connectivity index (χ3v) is 5.13. The Morgan fingerprint density at radius 3 is 2.52 bits per heavy atom. The number of alkyl halides is 3. The van der Waals surface area contributed by atoms with Crippen molar-refractivity contribution < 1.29 is 18.0 Å². The molecule has 0 saturated heterocycles. The fourth-order valence-corrected chi connectivity index (χ4v) is 3.38. The average molecular weight is 322 g/mol. The van der Waals surface area contributed by atoms with Crippen molar-refractivity contribution in [1.29, 1.82) is 5.26 Å². The van der Waals surface area contributed by atoms with Crippen LogP contribution in [0.2, 0.25) is 0 Å². The van der Waals surface area contributed by atoms with E-state index in [4.69, 9.17) is 0 Å². The van der Waals surface area contributed by atoms with E-state index < -0.39 is 29.1 Å². The molecule has 0 N–H and O–H groups in total. The first kappa shape index (κ1) is 15.9. The molecule has 1 aromatic carbocycles. The van der Waals surface area contributed by atoms with Gasteiger partial charge in [0, 0.05) is 13.0 Å². The molecule has 2 saturated carbocycles. The number of rotatable bonds is 3. The number of amides is 1. The maximum Gasteiger partial charge on any atom is 0.416 e. The van der Waals surface area contributed by atoms with Crippen LogP contribution in [-0.2, 0) is 11.0 Å². The lowest BCUT2D eigenvalue weighted by Crippen LogP contribution is -2.53. The van der Waals surface area contributed by atoms with Crippen LogP contribution in [0, 0.1) is 17.2 Å². The molecule has 6 heteroatoms.